The Balaban J connectivity index is 2.03. The maximum absolute atomic E-state index is 6.13. The lowest BCUT2D eigenvalue weighted by molar-refractivity contribution is 0.301. The third kappa shape index (κ3) is 5.77. The van der Waals surface area contributed by atoms with Gasteiger partial charge in [-0.25, -0.2) is 0 Å². The predicted molar refractivity (Wildman–Crippen MR) is 95.7 cm³/mol. The molecule has 0 fully saturated rings. The number of aryl methyl sites for hydroxylation is 1. The molecule has 0 aromatic heterocycles. The Morgan fingerprint density at radius 2 is 1.91 bits per heavy atom. The van der Waals surface area contributed by atoms with E-state index < -0.39 is 0 Å². The first-order valence-electron chi connectivity index (χ1n) is 7.77. The number of nitrogens with zero attached hydrogens (tertiary/aromatic N) is 1. The van der Waals surface area contributed by atoms with Crippen molar-refractivity contribution in [3.63, 3.8) is 0 Å². The summed E-state index contributed by atoms with van der Waals surface area (Å²) >= 11 is 6.13. The molecule has 0 bridgehead atoms. The molecule has 0 N–H and O–H groups in total. The minimum Gasteiger partial charge on any atom is -0.497 e. The Hall–Kier alpha value is -1.71. The van der Waals surface area contributed by atoms with Gasteiger partial charge in [0, 0.05) is 5.02 Å². The molecule has 0 aliphatic carbocycles. The van der Waals surface area contributed by atoms with Crippen molar-refractivity contribution in [2.24, 2.45) is 0 Å². The molecule has 3 nitrogen and oxygen atoms in total. The number of benzene rings is 2. The van der Waals surface area contributed by atoms with Crippen molar-refractivity contribution in [2.45, 2.75) is 19.4 Å². The largest absolute Gasteiger partial charge is 0.497 e. The average molecular weight is 334 g/mol. The minimum absolute atomic E-state index is 0.513. The van der Waals surface area contributed by atoms with Crippen molar-refractivity contribution < 1.29 is 9.47 Å². The van der Waals surface area contributed by atoms with Crippen LogP contribution in [0.2, 0.25) is 5.02 Å². The summed E-state index contributed by atoms with van der Waals surface area (Å²) in [6, 6.07) is 13.7. The highest BCUT2D eigenvalue weighted by molar-refractivity contribution is 6.30. The molecule has 0 saturated heterocycles. The monoisotopic (exact) mass is 333 g/mol. The molecule has 0 spiro atoms. The van der Waals surface area contributed by atoms with E-state index in [0.717, 1.165) is 47.0 Å². The summed E-state index contributed by atoms with van der Waals surface area (Å²) in [6.07, 6.45) is 2.02. The topological polar surface area (TPSA) is 21.7 Å². The number of rotatable bonds is 8. The van der Waals surface area contributed by atoms with Gasteiger partial charge in [0.25, 0.3) is 0 Å². The molecule has 2 aromatic carbocycles. The fourth-order valence-corrected chi connectivity index (χ4v) is 2.59. The highest BCUT2D eigenvalue weighted by Crippen LogP contribution is 2.25. The first-order valence-corrected chi connectivity index (χ1v) is 8.15. The third-order valence-corrected chi connectivity index (χ3v) is 3.84. The molecule has 0 heterocycles. The third-order valence-electron chi connectivity index (χ3n) is 3.60. The van der Waals surface area contributed by atoms with Gasteiger partial charge in [0.05, 0.1) is 7.11 Å². The maximum atomic E-state index is 6.13. The van der Waals surface area contributed by atoms with Crippen molar-refractivity contribution in [2.75, 3.05) is 27.7 Å². The van der Waals surface area contributed by atoms with Crippen LogP contribution in [-0.2, 0) is 13.0 Å². The fourth-order valence-electron chi connectivity index (χ4n) is 2.39. The molecule has 0 unspecified atom stereocenters. The fraction of sp³-hybridized carbons (Fsp3) is 0.368. The first-order chi connectivity index (χ1) is 11.1. The summed E-state index contributed by atoms with van der Waals surface area (Å²) in [6.45, 7) is 1.56. The smallest absolute Gasteiger partial charge is 0.123 e. The molecular weight excluding hydrogens is 310 g/mol. The van der Waals surface area contributed by atoms with Crippen LogP contribution in [0.4, 0.5) is 0 Å². The summed E-state index contributed by atoms with van der Waals surface area (Å²) in [4.78, 5) is 2.18. The van der Waals surface area contributed by atoms with Crippen LogP contribution < -0.4 is 9.47 Å². The van der Waals surface area contributed by atoms with E-state index >= 15 is 0 Å². The molecule has 2 aromatic rings. The van der Waals surface area contributed by atoms with Crippen LogP contribution in [0.15, 0.2) is 42.5 Å². The zero-order chi connectivity index (χ0) is 16.7. The molecular formula is C19H24ClNO2. The molecule has 23 heavy (non-hydrogen) atoms. The SMILES string of the molecule is COc1cccc(COc2ccc(Cl)cc2CCCN(C)C)c1. The van der Waals surface area contributed by atoms with Crippen LogP contribution in [0.5, 0.6) is 11.5 Å². The standard InChI is InChI=1S/C19H24ClNO2/c1-21(2)11-5-7-16-13-17(20)9-10-19(16)23-14-15-6-4-8-18(12-15)22-3/h4,6,8-10,12-13H,5,7,11,14H2,1-3H3. The van der Waals surface area contributed by atoms with E-state index in [4.69, 9.17) is 21.1 Å². The molecule has 0 radical (unpaired) electrons. The van der Waals surface area contributed by atoms with Crippen molar-refractivity contribution >= 4 is 11.6 Å². The summed E-state index contributed by atoms with van der Waals surface area (Å²) in [7, 11) is 5.83. The molecule has 0 aliphatic rings. The van der Waals surface area contributed by atoms with Crippen molar-refractivity contribution in [1.29, 1.82) is 0 Å². The highest BCUT2D eigenvalue weighted by atomic mass is 35.5. The summed E-state index contributed by atoms with van der Waals surface area (Å²) < 4.78 is 11.3. The molecule has 0 saturated carbocycles. The number of methoxy groups -OCH3 is 1. The van der Waals surface area contributed by atoms with Gasteiger partial charge in [-0.1, -0.05) is 23.7 Å². The Morgan fingerprint density at radius 3 is 2.65 bits per heavy atom. The van der Waals surface area contributed by atoms with E-state index in [9.17, 15) is 0 Å². The zero-order valence-electron chi connectivity index (χ0n) is 14.0. The van der Waals surface area contributed by atoms with Gasteiger partial charge in [-0.3, -0.25) is 0 Å². The normalized spacial score (nSPS) is 10.8. The molecule has 0 aliphatic heterocycles. The molecule has 0 amide bonds. The van der Waals surface area contributed by atoms with Gasteiger partial charge in [0.2, 0.25) is 0 Å². The van der Waals surface area contributed by atoms with Crippen LogP contribution in [-0.4, -0.2) is 32.6 Å². The van der Waals surface area contributed by atoms with Crippen molar-refractivity contribution in [3.05, 3.63) is 58.6 Å². The summed E-state index contributed by atoms with van der Waals surface area (Å²) in [5.41, 5.74) is 2.24. The summed E-state index contributed by atoms with van der Waals surface area (Å²) in [5.74, 6) is 1.74. The number of hydrogen-bond acceptors (Lipinski definition) is 3. The van der Waals surface area contributed by atoms with Gasteiger partial charge in [0.1, 0.15) is 18.1 Å². The minimum atomic E-state index is 0.513. The van der Waals surface area contributed by atoms with Crippen LogP contribution >= 0.6 is 11.6 Å². The van der Waals surface area contributed by atoms with E-state index in [1.807, 2.05) is 42.5 Å². The van der Waals surface area contributed by atoms with Crippen molar-refractivity contribution in [1.82, 2.24) is 4.90 Å². The lowest BCUT2D eigenvalue weighted by atomic mass is 10.1. The van der Waals surface area contributed by atoms with Crippen LogP contribution in [0.1, 0.15) is 17.5 Å². The Labute approximate surface area is 143 Å². The Kier molecular flexibility index (Phi) is 6.75. The highest BCUT2D eigenvalue weighted by Gasteiger charge is 2.06. The molecule has 4 heteroatoms. The van der Waals surface area contributed by atoms with E-state index in [1.165, 1.54) is 0 Å². The lowest BCUT2D eigenvalue weighted by Gasteiger charge is -2.14. The number of halogens is 1. The van der Waals surface area contributed by atoms with Crippen LogP contribution in [0, 0.1) is 0 Å². The van der Waals surface area contributed by atoms with E-state index in [1.54, 1.807) is 7.11 Å². The Bertz CT molecular complexity index is 629. The lowest BCUT2D eigenvalue weighted by Crippen LogP contribution is -2.13. The zero-order valence-corrected chi connectivity index (χ0v) is 14.8. The van der Waals surface area contributed by atoms with E-state index in [-0.39, 0.29) is 0 Å². The van der Waals surface area contributed by atoms with Gasteiger partial charge >= 0.3 is 0 Å². The van der Waals surface area contributed by atoms with Crippen LogP contribution in [0.3, 0.4) is 0 Å². The molecule has 0 atom stereocenters. The second-order valence-electron chi connectivity index (χ2n) is 5.80. The molecule has 124 valence electrons. The van der Waals surface area contributed by atoms with E-state index in [2.05, 4.69) is 19.0 Å². The van der Waals surface area contributed by atoms with E-state index in [0.29, 0.717) is 6.61 Å². The van der Waals surface area contributed by atoms with Crippen LogP contribution in [0.25, 0.3) is 0 Å². The van der Waals surface area contributed by atoms with Gasteiger partial charge in [-0.15, -0.1) is 0 Å². The van der Waals surface area contributed by atoms with Gasteiger partial charge in [-0.05, 0) is 74.9 Å². The van der Waals surface area contributed by atoms with Crippen molar-refractivity contribution in [3.8, 4) is 11.5 Å². The van der Waals surface area contributed by atoms with Gasteiger partial charge in [0.15, 0.2) is 0 Å². The van der Waals surface area contributed by atoms with Gasteiger partial charge < -0.3 is 14.4 Å². The maximum Gasteiger partial charge on any atom is 0.123 e. The van der Waals surface area contributed by atoms with Gasteiger partial charge in [-0.2, -0.15) is 0 Å². The second kappa shape index (κ2) is 8.80. The first kappa shape index (κ1) is 17.6. The Morgan fingerprint density at radius 1 is 1.09 bits per heavy atom. The molecule has 2 rings (SSSR count). The predicted octanol–water partition coefficient (Wildman–Crippen LogP) is 4.42. The quantitative estimate of drug-likeness (QED) is 0.713. The number of hydrogen-bond donors (Lipinski definition) is 0. The summed E-state index contributed by atoms with van der Waals surface area (Å²) in [5, 5.41) is 0.749. The average Bonchev–Trinajstić information content (AvgIpc) is 2.54. The number of ether oxygens (including phenoxy) is 2. The second-order valence-corrected chi connectivity index (χ2v) is 6.24.